The van der Waals surface area contributed by atoms with Gasteiger partial charge in [-0.25, -0.2) is 0 Å². The van der Waals surface area contributed by atoms with Crippen LogP contribution in [0.5, 0.6) is 0 Å². The summed E-state index contributed by atoms with van der Waals surface area (Å²) in [7, 11) is 0. The lowest BCUT2D eigenvalue weighted by Gasteiger charge is -2.11. The summed E-state index contributed by atoms with van der Waals surface area (Å²) in [6.07, 6.45) is -2.98. The quantitative estimate of drug-likeness (QED) is 0.869. The zero-order valence-corrected chi connectivity index (χ0v) is 10.1. The minimum absolute atomic E-state index is 0.0144. The van der Waals surface area contributed by atoms with Crippen LogP contribution < -0.4 is 5.73 Å². The fraction of sp³-hybridized carbons (Fsp3) is 0.364. The molecule has 1 heterocycles. The van der Waals surface area contributed by atoms with Gasteiger partial charge in [0.15, 0.2) is 5.82 Å². The molecule has 0 spiro atoms. The predicted molar refractivity (Wildman–Crippen MR) is 62.6 cm³/mol. The summed E-state index contributed by atoms with van der Waals surface area (Å²) < 4.78 is 39.0. The highest BCUT2D eigenvalue weighted by Gasteiger charge is 2.31. The van der Waals surface area contributed by atoms with Gasteiger partial charge in [-0.05, 0) is 35.0 Å². The first-order valence-corrected chi connectivity index (χ1v) is 5.68. The molecule has 1 aromatic carbocycles. The second-order valence-electron chi connectivity index (χ2n) is 4.03. The van der Waals surface area contributed by atoms with Gasteiger partial charge in [-0.15, -0.1) is 5.10 Å². The Morgan fingerprint density at radius 2 is 2.05 bits per heavy atom. The molecule has 8 heteroatoms. The standard InChI is InChI=1S/C11H12F3N5/c1-2-3-10-16-17-18-19(10)9-5-4-7(6-8(9)15)11(12,13)14/h4-6H,2-3,15H2,1H3. The molecule has 5 nitrogen and oxygen atoms in total. The summed E-state index contributed by atoms with van der Waals surface area (Å²) in [5.41, 5.74) is 5.20. The maximum atomic E-state index is 12.5. The first kappa shape index (κ1) is 13.3. The van der Waals surface area contributed by atoms with Crippen LogP contribution in [0.3, 0.4) is 0 Å². The SMILES string of the molecule is CCCc1nnnn1-c1ccc(C(F)(F)F)cc1N. The normalized spacial score (nSPS) is 11.8. The molecule has 0 unspecified atom stereocenters. The summed E-state index contributed by atoms with van der Waals surface area (Å²) in [6, 6.07) is 3.11. The van der Waals surface area contributed by atoms with Gasteiger partial charge in [-0.3, -0.25) is 0 Å². The fourth-order valence-electron chi connectivity index (χ4n) is 1.70. The molecular weight excluding hydrogens is 259 g/mol. The third kappa shape index (κ3) is 2.67. The highest BCUT2D eigenvalue weighted by atomic mass is 19.4. The van der Waals surface area contributed by atoms with Crippen LogP contribution in [0.25, 0.3) is 5.69 Å². The van der Waals surface area contributed by atoms with E-state index in [-0.39, 0.29) is 5.69 Å². The molecule has 102 valence electrons. The Bertz CT molecular complexity index is 576. The number of benzene rings is 1. The molecule has 0 fully saturated rings. The van der Waals surface area contributed by atoms with E-state index in [1.807, 2.05) is 6.92 Å². The zero-order chi connectivity index (χ0) is 14.0. The van der Waals surface area contributed by atoms with Crippen molar-refractivity contribution in [2.45, 2.75) is 25.9 Å². The van der Waals surface area contributed by atoms with Crippen molar-refractivity contribution in [2.75, 3.05) is 5.73 Å². The maximum absolute atomic E-state index is 12.5. The Kier molecular flexibility index (Phi) is 3.41. The molecule has 2 N–H and O–H groups in total. The van der Waals surface area contributed by atoms with Crippen molar-refractivity contribution in [3.63, 3.8) is 0 Å². The maximum Gasteiger partial charge on any atom is 0.416 e. The van der Waals surface area contributed by atoms with Crippen LogP contribution >= 0.6 is 0 Å². The molecule has 0 bridgehead atoms. The summed E-state index contributed by atoms with van der Waals surface area (Å²) in [4.78, 5) is 0. The molecular formula is C11H12F3N5. The van der Waals surface area contributed by atoms with E-state index in [1.54, 1.807) is 0 Å². The number of nitrogens with two attached hydrogens (primary N) is 1. The number of rotatable bonds is 3. The van der Waals surface area contributed by atoms with Gasteiger partial charge in [0.25, 0.3) is 0 Å². The number of halogens is 3. The number of alkyl halides is 3. The van der Waals surface area contributed by atoms with E-state index in [1.165, 1.54) is 10.7 Å². The molecule has 0 aliphatic heterocycles. The van der Waals surface area contributed by atoms with E-state index < -0.39 is 11.7 Å². The number of tetrazole rings is 1. The van der Waals surface area contributed by atoms with E-state index >= 15 is 0 Å². The van der Waals surface area contributed by atoms with Crippen LogP contribution in [-0.2, 0) is 12.6 Å². The number of aromatic nitrogens is 4. The fourth-order valence-corrected chi connectivity index (χ4v) is 1.70. The van der Waals surface area contributed by atoms with Crippen LogP contribution in [0.15, 0.2) is 18.2 Å². The third-order valence-electron chi connectivity index (χ3n) is 2.59. The van der Waals surface area contributed by atoms with Crippen molar-refractivity contribution in [3.8, 4) is 5.69 Å². The summed E-state index contributed by atoms with van der Waals surface area (Å²) in [6.45, 7) is 1.95. The first-order valence-electron chi connectivity index (χ1n) is 5.68. The minimum atomic E-state index is -4.42. The number of hydrogen-bond acceptors (Lipinski definition) is 4. The average Bonchev–Trinajstić information content (AvgIpc) is 2.76. The Morgan fingerprint density at radius 3 is 2.63 bits per heavy atom. The van der Waals surface area contributed by atoms with E-state index in [4.69, 9.17) is 5.73 Å². The van der Waals surface area contributed by atoms with Gasteiger partial charge in [-0.2, -0.15) is 17.9 Å². The van der Waals surface area contributed by atoms with Gasteiger partial charge in [0, 0.05) is 6.42 Å². The molecule has 0 radical (unpaired) electrons. The number of hydrogen-bond donors (Lipinski definition) is 1. The highest BCUT2D eigenvalue weighted by molar-refractivity contribution is 5.59. The van der Waals surface area contributed by atoms with Crippen molar-refractivity contribution in [1.29, 1.82) is 0 Å². The summed E-state index contributed by atoms with van der Waals surface area (Å²) in [5, 5.41) is 11.1. The summed E-state index contributed by atoms with van der Waals surface area (Å²) >= 11 is 0. The Hall–Kier alpha value is -2.12. The van der Waals surface area contributed by atoms with Crippen molar-refractivity contribution in [1.82, 2.24) is 20.2 Å². The van der Waals surface area contributed by atoms with Crippen molar-refractivity contribution < 1.29 is 13.2 Å². The van der Waals surface area contributed by atoms with Crippen molar-refractivity contribution in [3.05, 3.63) is 29.6 Å². The smallest absolute Gasteiger partial charge is 0.397 e. The molecule has 2 aromatic rings. The van der Waals surface area contributed by atoms with Gasteiger partial charge in [0.1, 0.15) is 0 Å². The molecule has 19 heavy (non-hydrogen) atoms. The predicted octanol–water partition coefficient (Wildman–Crippen LogP) is 2.22. The molecule has 0 saturated heterocycles. The third-order valence-corrected chi connectivity index (χ3v) is 2.59. The van der Waals surface area contributed by atoms with Gasteiger partial charge in [-0.1, -0.05) is 6.92 Å². The monoisotopic (exact) mass is 271 g/mol. The summed E-state index contributed by atoms with van der Waals surface area (Å²) in [5.74, 6) is 0.564. The molecule has 0 atom stereocenters. The van der Waals surface area contributed by atoms with Gasteiger partial charge in [0.05, 0.1) is 16.9 Å². The topological polar surface area (TPSA) is 69.6 Å². The van der Waals surface area contributed by atoms with Crippen LogP contribution in [0.4, 0.5) is 18.9 Å². The number of nitrogen functional groups attached to an aromatic ring is 1. The van der Waals surface area contributed by atoms with Crippen molar-refractivity contribution >= 4 is 5.69 Å². The van der Waals surface area contributed by atoms with Crippen LogP contribution in [0.2, 0.25) is 0 Å². The second kappa shape index (κ2) is 4.87. The lowest BCUT2D eigenvalue weighted by atomic mass is 10.1. The molecule has 0 aliphatic rings. The van der Waals surface area contributed by atoms with E-state index in [2.05, 4.69) is 15.5 Å². The first-order chi connectivity index (χ1) is 8.93. The Balaban J connectivity index is 2.44. The zero-order valence-electron chi connectivity index (χ0n) is 10.1. The molecule has 0 aliphatic carbocycles. The second-order valence-corrected chi connectivity index (χ2v) is 4.03. The van der Waals surface area contributed by atoms with E-state index in [9.17, 15) is 13.2 Å². The average molecular weight is 271 g/mol. The molecule has 0 amide bonds. The lowest BCUT2D eigenvalue weighted by molar-refractivity contribution is -0.137. The molecule has 1 aromatic heterocycles. The molecule has 0 saturated carbocycles. The van der Waals surface area contributed by atoms with Gasteiger partial charge >= 0.3 is 6.18 Å². The minimum Gasteiger partial charge on any atom is -0.397 e. The number of anilines is 1. The van der Waals surface area contributed by atoms with Crippen LogP contribution in [-0.4, -0.2) is 20.2 Å². The highest BCUT2D eigenvalue weighted by Crippen LogP contribution is 2.32. The Morgan fingerprint density at radius 1 is 1.32 bits per heavy atom. The van der Waals surface area contributed by atoms with Crippen LogP contribution in [0, 0.1) is 0 Å². The Labute approximate surface area is 107 Å². The van der Waals surface area contributed by atoms with E-state index in [0.717, 1.165) is 18.6 Å². The largest absolute Gasteiger partial charge is 0.416 e. The van der Waals surface area contributed by atoms with Gasteiger partial charge < -0.3 is 5.73 Å². The van der Waals surface area contributed by atoms with Gasteiger partial charge in [0.2, 0.25) is 0 Å². The van der Waals surface area contributed by atoms with Crippen LogP contribution in [0.1, 0.15) is 24.7 Å². The molecule has 2 rings (SSSR count). The van der Waals surface area contributed by atoms with Crippen molar-refractivity contribution in [2.24, 2.45) is 0 Å². The number of nitrogens with zero attached hydrogens (tertiary/aromatic N) is 4. The van der Waals surface area contributed by atoms with E-state index in [0.29, 0.717) is 17.9 Å². The number of aryl methyl sites for hydroxylation is 1. The lowest BCUT2D eigenvalue weighted by Crippen LogP contribution is -2.10.